The van der Waals surface area contributed by atoms with Gasteiger partial charge < -0.3 is 8.98 Å². The summed E-state index contributed by atoms with van der Waals surface area (Å²) < 4.78 is 8.90. The lowest BCUT2D eigenvalue weighted by Crippen LogP contribution is -1.92. The monoisotopic (exact) mass is 713 g/mol. The number of rotatable bonds is 6. The van der Waals surface area contributed by atoms with Crippen molar-refractivity contribution in [2.24, 2.45) is 0 Å². The quantitative estimate of drug-likeness (QED) is 0.168. The fourth-order valence-electron chi connectivity index (χ4n) is 8.51. The summed E-state index contributed by atoms with van der Waals surface area (Å²) in [5.74, 6) is 0. The van der Waals surface area contributed by atoms with Crippen LogP contribution in [0.4, 0.5) is 0 Å². The third-order valence-electron chi connectivity index (χ3n) is 11.2. The maximum absolute atomic E-state index is 6.54. The lowest BCUT2D eigenvalue weighted by molar-refractivity contribution is 0.669. The molecule has 9 aromatic carbocycles. The molecule has 262 valence electrons. The van der Waals surface area contributed by atoms with Crippen LogP contribution in [0.5, 0.6) is 0 Å². The fraction of sp³-hybridized carbons (Fsp3) is 0. The summed E-state index contributed by atoms with van der Waals surface area (Å²) >= 11 is 0. The van der Waals surface area contributed by atoms with E-state index >= 15 is 0 Å². The summed E-state index contributed by atoms with van der Waals surface area (Å²) in [6.45, 7) is 0. The second-order valence-corrected chi connectivity index (χ2v) is 14.5. The number of hydrogen-bond donors (Lipinski definition) is 0. The first-order chi connectivity index (χ1) is 27.7. The summed E-state index contributed by atoms with van der Waals surface area (Å²) in [7, 11) is 0. The lowest BCUT2D eigenvalue weighted by Gasteiger charge is -2.12. The zero-order valence-electron chi connectivity index (χ0n) is 30.6. The minimum absolute atomic E-state index is 0.884. The minimum atomic E-state index is 0.884. The van der Waals surface area contributed by atoms with Crippen LogP contribution in [0.25, 0.3) is 105 Å². The fourth-order valence-corrected chi connectivity index (χ4v) is 8.51. The molecule has 11 rings (SSSR count). The van der Waals surface area contributed by atoms with Crippen molar-refractivity contribution in [3.05, 3.63) is 212 Å². The number of para-hydroxylation sites is 2. The van der Waals surface area contributed by atoms with Gasteiger partial charge in [0.25, 0.3) is 0 Å². The lowest BCUT2D eigenvalue weighted by atomic mass is 9.91. The van der Waals surface area contributed by atoms with Crippen LogP contribution in [0.3, 0.4) is 0 Å². The van der Waals surface area contributed by atoms with E-state index in [1.54, 1.807) is 0 Å². The van der Waals surface area contributed by atoms with Crippen LogP contribution in [0.1, 0.15) is 0 Å². The molecule has 0 spiro atoms. The number of furan rings is 1. The first-order valence-corrected chi connectivity index (χ1v) is 19.2. The molecule has 0 fully saturated rings. The Morgan fingerprint density at radius 2 is 0.804 bits per heavy atom. The van der Waals surface area contributed by atoms with Gasteiger partial charge >= 0.3 is 0 Å². The number of nitrogens with zero attached hydrogens (tertiary/aromatic N) is 1. The molecule has 0 unspecified atom stereocenters. The Hall–Kier alpha value is -7.42. The molecule has 2 heterocycles. The van der Waals surface area contributed by atoms with Crippen molar-refractivity contribution in [2.45, 2.75) is 0 Å². The van der Waals surface area contributed by atoms with E-state index in [-0.39, 0.29) is 0 Å². The van der Waals surface area contributed by atoms with E-state index in [2.05, 4.69) is 217 Å². The van der Waals surface area contributed by atoms with Crippen LogP contribution in [-0.2, 0) is 0 Å². The second kappa shape index (κ2) is 13.2. The van der Waals surface area contributed by atoms with Gasteiger partial charge in [0, 0.05) is 27.2 Å². The van der Waals surface area contributed by atoms with Crippen molar-refractivity contribution < 1.29 is 4.42 Å². The van der Waals surface area contributed by atoms with Crippen molar-refractivity contribution in [1.82, 2.24) is 4.57 Å². The van der Waals surface area contributed by atoms with Gasteiger partial charge in [0.15, 0.2) is 0 Å². The van der Waals surface area contributed by atoms with Crippen molar-refractivity contribution in [3.8, 4) is 61.3 Å². The van der Waals surface area contributed by atoms with Gasteiger partial charge in [-0.15, -0.1) is 0 Å². The molecule has 11 aromatic rings. The first kappa shape index (κ1) is 32.0. The maximum Gasteiger partial charge on any atom is 0.136 e. The molecule has 0 aliphatic carbocycles. The molecular weight excluding hydrogens is 679 g/mol. The van der Waals surface area contributed by atoms with E-state index < -0.39 is 0 Å². The Morgan fingerprint density at radius 1 is 0.286 bits per heavy atom. The highest BCUT2D eigenvalue weighted by Crippen LogP contribution is 2.42. The predicted octanol–water partition coefficient (Wildman–Crippen LogP) is 15.0. The maximum atomic E-state index is 6.54. The van der Waals surface area contributed by atoms with E-state index in [0.29, 0.717) is 0 Å². The molecule has 0 radical (unpaired) electrons. The average Bonchev–Trinajstić information content (AvgIpc) is 3.82. The Labute approximate surface area is 325 Å². The SMILES string of the molecule is c1ccc(-c2cc(-c3ccccc3)cc(-c3cccc4oc5ccc(-c6cccc(-c7ccc8c(c7)c7ccccc7n8-c7ccccc7)c6)cc5c34)c2)cc1. The zero-order chi connectivity index (χ0) is 37.0. The normalized spacial score (nSPS) is 11.6. The standard InChI is InChI=1S/C54H35NO/c1-4-14-36(15-5-1)42-31-43(37-16-6-2-7-17-37)33-44(32-42)46-23-13-25-53-54(46)49-35-41(27-29-52(49)56-53)39-19-12-18-38(30-39)40-26-28-51-48(34-40)47-22-10-11-24-50(47)55(51)45-20-8-3-9-21-45/h1-35H. The van der Waals surface area contributed by atoms with Crippen LogP contribution in [0.15, 0.2) is 217 Å². The molecule has 2 nitrogen and oxygen atoms in total. The van der Waals surface area contributed by atoms with Gasteiger partial charge in [0.1, 0.15) is 11.2 Å². The van der Waals surface area contributed by atoms with E-state index in [1.165, 1.54) is 66.4 Å². The molecule has 0 aliphatic heterocycles. The molecule has 0 aliphatic rings. The molecule has 0 bridgehead atoms. The Kier molecular flexibility index (Phi) is 7.53. The van der Waals surface area contributed by atoms with Crippen LogP contribution in [0, 0.1) is 0 Å². The second-order valence-electron chi connectivity index (χ2n) is 14.5. The largest absolute Gasteiger partial charge is 0.456 e. The first-order valence-electron chi connectivity index (χ1n) is 19.2. The third-order valence-corrected chi connectivity index (χ3v) is 11.2. The number of hydrogen-bond acceptors (Lipinski definition) is 1. The smallest absolute Gasteiger partial charge is 0.136 e. The number of fused-ring (bicyclic) bond motifs is 6. The number of aromatic nitrogens is 1. The topological polar surface area (TPSA) is 18.1 Å². The molecule has 0 atom stereocenters. The average molecular weight is 714 g/mol. The number of benzene rings is 9. The minimum Gasteiger partial charge on any atom is -0.456 e. The molecule has 56 heavy (non-hydrogen) atoms. The van der Waals surface area contributed by atoms with Gasteiger partial charge in [0.05, 0.1) is 11.0 Å². The van der Waals surface area contributed by atoms with Crippen LogP contribution >= 0.6 is 0 Å². The highest BCUT2D eigenvalue weighted by molar-refractivity contribution is 6.14. The van der Waals surface area contributed by atoms with E-state index in [1.807, 2.05) is 0 Å². The Balaban J connectivity index is 1.03. The van der Waals surface area contributed by atoms with Gasteiger partial charge in [-0.25, -0.2) is 0 Å². The van der Waals surface area contributed by atoms with Crippen LogP contribution in [0.2, 0.25) is 0 Å². The van der Waals surface area contributed by atoms with E-state index in [9.17, 15) is 0 Å². The summed E-state index contributed by atoms with van der Waals surface area (Å²) in [5.41, 5.74) is 17.1. The van der Waals surface area contributed by atoms with Crippen molar-refractivity contribution in [2.75, 3.05) is 0 Å². The predicted molar refractivity (Wildman–Crippen MR) is 235 cm³/mol. The molecule has 0 saturated heterocycles. The Bertz CT molecular complexity index is 3170. The summed E-state index contributed by atoms with van der Waals surface area (Å²) in [5, 5.41) is 4.74. The van der Waals surface area contributed by atoms with Crippen molar-refractivity contribution in [1.29, 1.82) is 0 Å². The molecule has 2 aromatic heterocycles. The van der Waals surface area contributed by atoms with Crippen molar-refractivity contribution >= 4 is 43.7 Å². The van der Waals surface area contributed by atoms with Gasteiger partial charge in [-0.3, -0.25) is 0 Å². The molecule has 0 saturated carbocycles. The van der Waals surface area contributed by atoms with Crippen LogP contribution in [-0.4, -0.2) is 4.57 Å². The molecule has 0 N–H and O–H groups in total. The van der Waals surface area contributed by atoms with E-state index in [0.717, 1.165) is 38.6 Å². The van der Waals surface area contributed by atoms with Gasteiger partial charge in [-0.1, -0.05) is 140 Å². The van der Waals surface area contributed by atoms with Crippen molar-refractivity contribution in [3.63, 3.8) is 0 Å². The molecule has 2 heteroatoms. The molecular formula is C54H35NO. The summed E-state index contributed by atoms with van der Waals surface area (Å²) in [6.07, 6.45) is 0. The van der Waals surface area contributed by atoms with Gasteiger partial charge in [-0.2, -0.15) is 0 Å². The third kappa shape index (κ3) is 5.42. The van der Waals surface area contributed by atoms with Gasteiger partial charge in [-0.05, 0) is 128 Å². The Morgan fingerprint density at radius 3 is 1.52 bits per heavy atom. The highest BCUT2D eigenvalue weighted by Gasteiger charge is 2.17. The van der Waals surface area contributed by atoms with Gasteiger partial charge in [0.2, 0.25) is 0 Å². The summed E-state index contributed by atoms with van der Waals surface area (Å²) in [6, 6.07) is 76.4. The molecule has 0 amide bonds. The van der Waals surface area contributed by atoms with E-state index in [4.69, 9.17) is 4.42 Å². The summed E-state index contributed by atoms with van der Waals surface area (Å²) in [4.78, 5) is 0. The zero-order valence-corrected chi connectivity index (χ0v) is 30.6. The van der Waals surface area contributed by atoms with Crippen LogP contribution < -0.4 is 0 Å². The highest BCUT2D eigenvalue weighted by atomic mass is 16.3.